The molecule has 0 aliphatic carbocycles. The number of benzene rings is 1. The minimum atomic E-state index is -4.70. The Morgan fingerprint density at radius 1 is 1.30 bits per heavy atom. The van der Waals surface area contributed by atoms with Crippen LogP contribution >= 0.6 is 11.6 Å². The highest BCUT2D eigenvalue weighted by Crippen LogP contribution is 2.40. The van der Waals surface area contributed by atoms with Gasteiger partial charge in [-0.05, 0) is 6.07 Å². The lowest BCUT2D eigenvalue weighted by molar-refractivity contribution is -0.144. The molecule has 4 aromatic rings. The van der Waals surface area contributed by atoms with Crippen LogP contribution in [0, 0.1) is 5.82 Å². The minimum absolute atomic E-state index is 0.0298. The molecule has 0 amide bonds. The summed E-state index contributed by atoms with van der Waals surface area (Å²) in [6.07, 6.45) is -0.291. The van der Waals surface area contributed by atoms with Crippen molar-refractivity contribution in [2.75, 3.05) is 7.11 Å². The number of nitrogens with one attached hydrogen (secondary N) is 2. The lowest BCUT2D eigenvalue weighted by Gasteiger charge is -2.06. The molecule has 3 aromatic heterocycles. The standard InChI is InChI=1S/C15H9ClF4N6O/c1-27-7-4-6-10(9(17)8(7)16)22-11(12(6)26-3-2-21-5-26)13-23-14(25-24-13)15(18,19)20/h2-5,22H,1H3,(H,23,24,25). The predicted molar refractivity (Wildman–Crippen MR) is 87.3 cm³/mol. The third-order valence-corrected chi connectivity index (χ3v) is 4.23. The molecule has 0 aliphatic rings. The molecule has 3 heterocycles. The second-order valence-corrected chi connectivity index (χ2v) is 5.83. The zero-order valence-electron chi connectivity index (χ0n) is 13.4. The van der Waals surface area contributed by atoms with Crippen LogP contribution in [0.25, 0.3) is 28.1 Å². The van der Waals surface area contributed by atoms with Crippen LogP contribution in [0.15, 0.2) is 24.8 Å². The van der Waals surface area contributed by atoms with Gasteiger partial charge >= 0.3 is 6.18 Å². The number of H-pyrrole nitrogens is 2. The van der Waals surface area contributed by atoms with E-state index in [1.165, 1.54) is 30.3 Å². The number of hydrogen-bond acceptors (Lipinski definition) is 4. The van der Waals surface area contributed by atoms with Crippen LogP contribution in [0.2, 0.25) is 5.02 Å². The van der Waals surface area contributed by atoms with E-state index in [4.69, 9.17) is 16.3 Å². The normalized spacial score (nSPS) is 12.1. The molecule has 0 saturated heterocycles. The van der Waals surface area contributed by atoms with Gasteiger partial charge in [0.1, 0.15) is 16.5 Å². The Morgan fingerprint density at radius 3 is 2.67 bits per heavy atom. The van der Waals surface area contributed by atoms with E-state index >= 15 is 0 Å². The maximum atomic E-state index is 14.7. The minimum Gasteiger partial charge on any atom is -0.495 e. The smallest absolute Gasteiger partial charge is 0.451 e. The summed E-state index contributed by atoms with van der Waals surface area (Å²) in [6, 6.07) is 1.47. The van der Waals surface area contributed by atoms with Gasteiger partial charge in [-0.3, -0.25) is 5.10 Å². The van der Waals surface area contributed by atoms with Crippen LogP contribution in [0.4, 0.5) is 17.6 Å². The Bertz CT molecular complexity index is 1130. The van der Waals surface area contributed by atoms with Gasteiger partial charge in [0.2, 0.25) is 5.82 Å². The predicted octanol–water partition coefficient (Wildman–Crippen LogP) is 3.96. The van der Waals surface area contributed by atoms with Crippen LogP contribution in [0.5, 0.6) is 5.75 Å². The lowest BCUT2D eigenvalue weighted by Crippen LogP contribution is -2.07. The number of fused-ring (bicyclic) bond motifs is 1. The summed E-state index contributed by atoms with van der Waals surface area (Å²) in [4.78, 5) is 10.1. The molecule has 7 nitrogen and oxygen atoms in total. The summed E-state index contributed by atoms with van der Waals surface area (Å²) in [5.74, 6) is -2.31. The monoisotopic (exact) mass is 400 g/mol. The summed E-state index contributed by atoms with van der Waals surface area (Å²) in [6.45, 7) is 0. The van der Waals surface area contributed by atoms with E-state index in [2.05, 4.69) is 20.1 Å². The van der Waals surface area contributed by atoms with Crippen molar-refractivity contribution < 1.29 is 22.3 Å². The molecule has 12 heteroatoms. The van der Waals surface area contributed by atoms with Gasteiger partial charge in [0.05, 0.1) is 24.6 Å². The number of halogens is 5. The van der Waals surface area contributed by atoms with Gasteiger partial charge in [-0.1, -0.05) is 11.6 Å². The summed E-state index contributed by atoms with van der Waals surface area (Å²) in [5.41, 5.74) is 0.319. The molecule has 0 saturated carbocycles. The first-order chi connectivity index (χ1) is 12.8. The molecule has 4 rings (SSSR count). The zero-order valence-corrected chi connectivity index (χ0v) is 14.2. The van der Waals surface area contributed by atoms with E-state index in [9.17, 15) is 17.6 Å². The second-order valence-electron chi connectivity index (χ2n) is 5.45. The van der Waals surface area contributed by atoms with Gasteiger partial charge < -0.3 is 14.3 Å². The largest absolute Gasteiger partial charge is 0.495 e. The first-order valence-corrected chi connectivity index (χ1v) is 7.75. The van der Waals surface area contributed by atoms with E-state index < -0.39 is 17.8 Å². The molecule has 2 N–H and O–H groups in total. The molecule has 140 valence electrons. The van der Waals surface area contributed by atoms with Crippen LogP contribution < -0.4 is 4.74 Å². The molecule has 1 aromatic carbocycles. The van der Waals surface area contributed by atoms with Crippen molar-refractivity contribution in [2.45, 2.75) is 6.18 Å². The van der Waals surface area contributed by atoms with Crippen molar-refractivity contribution in [1.82, 2.24) is 29.7 Å². The average molecular weight is 401 g/mol. The van der Waals surface area contributed by atoms with Gasteiger partial charge in [-0.25, -0.2) is 14.4 Å². The quantitative estimate of drug-likeness (QED) is 0.510. The fraction of sp³-hybridized carbons (Fsp3) is 0.133. The van der Waals surface area contributed by atoms with Crippen molar-refractivity contribution in [1.29, 1.82) is 0 Å². The molecule has 27 heavy (non-hydrogen) atoms. The van der Waals surface area contributed by atoms with E-state index in [0.717, 1.165) is 0 Å². The van der Waals surface area contributed by atoms with Crippen molar-refractivity contribution in [3.05, 3.63) is 41.5 Å². The van der Waals surface area contributed by atoms with E-state index in [0.29, 0.717) is 11.1 Å². The van der Waals surface area contributed by atoms with Crippen molar-refractivity contribution >= 4 is 22.5 Å². The van der Waals surface area contributed by atoms with Crippen molar-refractivity contribution in [3.8, 4) is 23.0 Å². The maximum absolute atomic E-state index is 14.7. The fourth-order valence-corrected chi connectivity index (χ4v) is 2.93. The van der Waals surface area contributed by atoms with Gasteiger partial charge in [-0.2, -0.15) is 18.3 Å². The van der Waals surface area contributed by atoms with Crippen molar-refractivity contribution in [2.24, 2.45) is 0 Å². The second kappa shape index (κ2) is 5.98. The van der Waals surface area contributed by atoms with Crippen LogP contribution in [0.3, 0.4) is 0 Å². The number of hydrogen-bond donors (Lipinski definition) is 2. The summed E-state index contributed by atoms with van der Waals surface area (Å²) in [5, 5.41) is 5.48. The highest BCUT2D eigenvalue weighted by atomic mass is 35.5. The first-order valence-electron chi connectivity index (χ1n) is 7.37. The zero-order chi connectivity index (χ0) is 19.3. The molecular weight excluding hydrogens is 392 g/mol. The highest BCUT2D eigenvalue weighted by Gasteiger charge is 2.36. The molecule has 0 atom stereocenters. The van der Waals surface area contributed by atoms with Crippen LogP contribution in [-0.2, 0) is 6.18 Å². The first kappa shape index (κ1) is 17.3. The Labute approximate surface area is 153 Å². The lowest BCUT2D eigenvalue weighted by atomic mass is 10.2. The number of aromatic amines is 2. The number of alkyl halides is 3. The molecule has 0 bridgehead atoms. The Morgan fingerprint density at radius 2 is 2.07 bits per heavy atom. The van der Waals surface area contributed by atoms with E-state index in [1.54, 1.807) is 6.20 Å². The number of aromatic nitrogens is 6. The number of imidazole rings is 1. The highest BCUT2D eigenvalue weighted by molar-refractivity contribution is 6.33. The summed E-state index contributed by atoms with van der Waals surface area (Å²) in [7, 11) is 1.32. The molecule has 0 fully saturated rings. The van der Waals surface area contributed by atoms with Crippen LogP contribution in [0.1, 0.15) is 5.82 Å². The Balaban J connectivity index is 2.04. The number of rotatable bonds is 3. The van der Waals surface area contributed by atoms with Crippen molar-refractivity contribution in [3.63, 3.8) is 0 Å². The Hall–Kier alpha value is -3.08. The topological polar surface area (TPSA) is 84.4 Å². The molecule has 0 aliphatic heterocycles. The van der Waals surface area contributed by atoms with E-state index in [-0.39, 0.29) is 27.8 Å². The molecule has 0 spiro atoms. The number of methoxy groups -OCH3 is 1. The Kier molecular flexibility index (Phi) is 3.84. The average Bonchev–Trinajstić information content (AvgIpc) is 3.35. The van der Waals surface area contributed by atoms with E-state index in [1.807, 2.05) is 5.10 Å². The summed E-state index contributed by atoms with van der Waals surface area (Å²) >= 11 is 5.94. The SMILES string of the molecule is COc1cc2c(-n3ccnc3)c(-c3n[nH]c(C(F)(F)F)n3)[nH]c2c(F)c1Cl. The number of nitrogens with zero attached hydrogens (tertiary/aromatic N) is 4. The third kappa shape index (κ3) is 2.70. The maximum Gasteiger partial charge on any atom is 0.451 e. The van der Waals surface area contributed by atoms with Gasteiger partial charge in [0.25, 0.3) is 0 Å². The fourth-order valence-electron chi connectivity index (χ4n) is 2.70. The third-order valence-electron chi connectivity index (χ3n) is 3.88. The number of ether oxygens (including phenoxy) is 1. The molecule has 0 unspecified atom stereocenters. The van der Waals surface area contributed by atoms with Gasteiger partial charge in [-0.15, -0.1) is 0 Å². The molecule has 0 radical (unpaired) electrons. The molecular formula is C15H9ClF4N6O. The summed E-state index contributed by atoms with van der Waals surface area (Å²) < 4.78 is 59.8. The van der Waals surface area contributed by atoms with Gasteiger partial charge in [0.15, 0.2) is 11.6 Å². The van der Waals surface area contributed by atoms with Gasteiger partial charge in [0, 0.05) is 17.8 Å². The van der Waals surface area contributed by atoms with Crippen LogP contribution in [-0.4, -0.2) is 36.8 Å².